The number of aryl methyl sites for hydroxylation is 1. The number of nitrogens with zero attached hydrogens (tertiary/aromatic N) is 2. The Morgan fingerprint density at radius 3 is 2.94 bits per heavy atom. The highest BCUT2D eigenvalue weighted by molar-refractivity contribution is 5.27. The third kappa shape index (κ3) is 2.40. The van der Waals surface area contributed by atoms with Crippen LogP contribution in [0.25, 0.3) is 0 Å². The van der Waals surface area contributed by atoms with E-state index in [-0.39, 0.29) is 0 Å². The molecule has 0 radical (unpaired) electrons. The zero-order valence-electron chi connectivity index (χ0n) is 10.7. The van der Waals surface area contributed by atoms with Gasteiger partial charge in [-0.2, -0.15) is 0 Å². The van der Waals surface area contributed by atoms with Gasteiger partial charge < -0.3 is 4.74 Å². The number of rotatable bonds is 3. The van der Waals surface area contributed by atoms with Crippen LogP contribution in [0.4, 0.5) is 4.39 Å². The molecule has 18 heavy (non-hydrogen) atoms. The van der Waals surface area contributed by atoms with E-state index < -0.39 is 6.17 Å². The molecule has 1 aromatic rings. The third-order valence-electron chi connectivity index (χ3n) is 3.80. The Bertz CT molecular complexity index is 426. The Morgan fingerprint density at radius 1 is 1.44 bits per heavy atom. The van der Waals surface area contributed by atoms with Crippen molar-refractivity contribution in [3.63, 3.8) is 0 Å². The van der Waals surface area contributed by atoms with E-state index >= 15 is 0 Å². The van der Waals surface area contributed by atoms with Crippen molar-refractivity contribution in [1.82, 2.24) is 9.88 Å². The predicted molar refractivity (Wildman–Crippen MR) is 67.3 cm³/mol. The molecule has 2 aliphatic heterocycles. The van der Waals surface area contributed by atoms with Gasteiger partial charge >= 0.3 is 0 Å². The fourth-order valence-corrected chi connectivity index (χ4v) is 2.75. The lowest BCUT2D eigenvalue weighted by Gasteiger charge is -2.34. The Morgan fingerprint density at radius 2 is 2.28 bits per heavy atom. The first-order valence-corrected chi connectivity index (χ1v) is 6.63. The molecular weight excluding hydrogens is 231 g/mol. The molecule has 98 valence electrons. The van der Waals surface area contributed by atoms with Crippen LogP contribution in [0, 0.1) is 6.92 Å². The van der Waals surface area contributed by atoms with Crippen LogP contribution < -0.4 is 0 Å². The summed E-state index contributed by atoms with van der Waals surface area (Å²) in [5.74, 6) is 0.468. The monoisotopic (exact) mass is 250 g/mol. The van der Waals surface area contributed by atoms with Crippen molar-refractivity contribution in [3.05, 3.63) is 29.1 Å². The van der Waals surface area contributed by atoms with Crippen LogP contribution in [0.3, 0.4) is 0 Å². The summed E-state index contributed by atoms with van der Waals surface area (Å²) in [7, 11) is 0. The average molecular weight is 250 g/mol. The number of likely N-dealkylation sites (tertiary alicyclic amines) is 1. The van der Waals surface area contributed by atoms with E-state index in [9.17, 15) is 4.39 Å². The van der Waals surface area contributed by atoms with Gasteiger partial charge in [-0.1, -0.05) is 6.07 Å². The molecule has 3 rings (SSSR count). The molecule has 2 fully saturated rings. The molecule has 3 heterocycles. The van der Waals surface area contributed by atoms with Gasteiger partial charge in [-0.15, -0.1) is 0 Å². The van der Waals surface area contributed by atoms with Crippen molar-refractivity contribution < 1.29 is 9.13 Å². The standard InChI is InChI=1S/C14H19FN2O/c1-10-2-3-13(11-4-5-18-9-11)14(16-10)8-17-6-12(15)7-17/h2-3,11-12H,4-9H2,1H3/t11-/m0/s1. The zero-order chi connectivity index (χ0) is 12.5. The second-order valence-electron chi connectivity index (χ2n) is 5.34. The fraction of sp³-hybridized carbons (Fsp3) is 0.643. The summed E-state index contributed by atoms with van der Waals surface area (Å²) >= 11 is 0. The van der Waals surface area contributed by atoms with E-state index in [0.717, 1.165) is 37.6 Å². The first-order valence-electron chi connectivity index (χ1n) is 6.63. The number of alkyl halides is 1. The molecule has 0 bridgehead atoms. The van der Waals surface area contributed by atoms with Crippen LogP contribution in [-0.2, 0) is 11.3 Å². The van der Waals surface area contributed by atoms with Gasteiger partial charge in [-0.3, -0.25) is 9.88 Å². The van der Waals surface area contributed by atoms with Crippen molar-refractivity contribution in [2.75, 3.05) is 26.3 Å². The lowest BCUT2D eigenvalue weighted by molar-refractivity contribution is 0.0576. The van der Waals surface area contributed by atoms with Gasteiger partial charge in [-0.05, 0) is 25.0 Å². The Hall–Kier alpha value is -1.00. The van der Waals surface area contributed by atoms with Gasteiger partial charge in [0.2, 0.25) is 0 Å². The summed E-state index contributed by atoms with van der Waals surface area (Å²) in [6, 6.07) is 4.23. The summed E-state index contributed by atoms with van der Waals surface area (Å²) in [5.41, 5.74) is 3.43. The van der Waals surface area contributed by atoms with E-state index in [1.54, 1.807) is 0 Å². The highest BCUT2D eigenvalue weighted by Gasteiger charge is 2.28. The molecule has 0 amide bonds. The molecule has 0 spiro atoms. The largest absolute Gasteiger partial charge is 0.381 e. The van der Waals surface area contributed by atoms with Crippen molar-refractivity contribution in [1.29, 1.82) is 0 Å². The smallest absolute Gasteiger partial charge is 0.125 e. The van der Waals surface area contributed by atoms with E-state index in [2.05, 4.69) is 22.0 Å². The molecule has 0 saturated carbocycles. The Kier molecular flexibility index (Phi) is 3.31. The quantitative estimate of drug-likeness (QED) is 0.821. The lowest BCUT2D eigenvalue weighted by atomic mass is 9.95. The second-order valence-corrected chi connectivity index (χ2v) is 5.34. The summed E-state index contributed by atoms with van der Waals surface area (Å²) in [6.07, 6.45) is 0.428. The van der Waals surface area contributed by atoms with Gasteiger partial charge in [0, 0.05) is 37.9 Å². The van der Waals surface area contributed by atoms with Gasteiger partial charge in [-0.25, -0.2) is 4.39 Å². The molecular formula is C14H19FN2O. The Labute approximate surface area is 107 Å². The van der Waals surface area contributed by atoms with Gasteiger partial charge in [0.15, 0.2) is 0 Å². The maximum Gasteiger partial charge on any atom is 0.125 e. The van der Waals surface area contributed by atoms with Crippen LogP contribution >= 0.6 is 0 Å². The summed E-state index contributed by atoms with van der Waals surface area (Å²) < 4.78 is 18.3. The average Bonchev–Trinajstić information content (AvgIpc) is 2.80. The third-order valence-corrected chi connectivity index (χ3v) is 3.80. The second kappa shape index (κ2) is 4.94. The number of halogens is 1. The predicted octanol–water partition coefficient (Wildman–Crippen LogP) is 2.05. The van der Waals surface area contributed by atoms with Crippen molar-refractivity contribution in [3.8, 4) is 0 Å². The number of hydrogen-bond donors (Lipinski definition) is 0. The highest BCUT2D eigenvalue weighted by Crippen LogP contribution is 2.29. The van der Waals surface area contributed by atoms with Crippen LogP contribution in [-0.4, -0.2) is 42.4 Å². The first kappa shape index (κ1) is 12.1. The van der Waals surface area contributed by atoms with Crippen LogP contribution in [0.2, 0.25) is 0 Å². The minimum Gasteiger partial charge on any atom is -0.381 e. The maximum absolute atomic E-state index is 12.9. The van der Waals surface area contributed by atoms with E-state index in [1.165, 1.54) is 5.56 Å². The molecule has 3 nitrogen and oxygen atoms in total. The van der Waals surface area contributed by atoms with Gasteiger partial charge in [0.05, 0.1) is 12.3 Å². The first-order chi connectivity index (χ1) is 8.72. The van der Waals surface area contributed by atoms with Gasteiger partial charge in [0.25, 0.3) is 0 Å². The van der Waals surface area contributed by atoms with Gasteiger partial charge in [0.1, 0.15) is 6.17 Å². The van der Waals surface area contributed by atoms with Crippen molar-refractivity contribution >= 4 is 0 Å². The molecule has 0 N–H and O–H groups in total. The molecule has 4 heteroatoms. The topological polar surface area (TPSA) is 25.4 Å². The zero-order valence-corrected chi connectivity index (χ0v) is 10.7. The lowest BCUT2D eigenvalue weighted by Crippen LogP contribution is -2.47. The molecule has 2 saturated heterocycles. The van der Waals surface area contributed by atoms with E-state index in [4.69, 9.17) is 4.74 Å². The number of aromatic nitrogens is 1. The molecule has 1 atom stereocenters. The summed E-state index contributed by atoms with van der Waals surface area (Å²) in [5, 5.41) is 0. The maximum atomic E-state index is 12.9. The molecule has 1 aromatic heterocycles. The van der Waals surface area contributed by atoms with Crippen molar-refractivity contribution in [2.24, 2.45) is 0 Å². The minimum absolute atomic E-state index is 0.468. The number of ether oxygens (including phenoxy) is 1. The molecule has 0 aromatic carbocycles. The number of pyridine rings is 1. The highest BCUT2D eigenvalue weighted by atomic mass is 19.1. The molecule has 0 aliphatic carbocycles. The fourth-order valence-electron chi connectivity index (χ4n) is 2.75. The Balaban J connectivity index is 1.79. The van der Waals surface area contributed by atoms with Crippen LogP contribution in [0.5, 0.6) is 0 Å². The normalized spacial score (nSPS) is 25.3. The van der Waals surface area contributed by atoms with Crippen molar-refractivity contribution in [2.45, 2.75) is 32.0 Å². The molecule has 0 unspecified atom stereocenters. The SMILES string of the molecule is Cc1ccc([C@H]2CCOC2)c(CN2CC(F)C2)n1. The number of hydrogen-bond acceptors (Lipinski definition) is 3. The van der Waals surface area contributed by atoms with E-state index in [1.807, 2.05) is 6.92 Å². The van der Waals surface area contributed by atoms with Crippen LogP contribution in [0.15, 0.2) is 12.1 Å². The van der Waals surface area contributed by atoms with E-state index in [0.29, 0.717) is 19.0 Å². The van der Waals surface area contributed by atoms with Crippen LogP contribution in [0.1, 0.15) is 29.3 Å². The molecule has 2 aliphatic rings. The summed E-state index contributed by atoms with van der Waals surface area (Å²) in [4.78, 5) is 6.76. The summed E-state index contributed by atoms with van der Waals surface area (Å²) in [6.45, 7) is 5.52. The minimum atomic E-state index is -0.645.